The van der Waals surface area contributed by atoms with Crippen molar-refractivity contribution in [2.75, 3.05) is 6.61 Å². The molecule has 3 rings (SSSR count). The van der Waals surface area contributed by atoms with E-state index in [0.29, 0.717) is 29.5 Å². The van der Waals surface area contributed by atoms with E-state index in [9.17, 15) is 50.4 Å². The topological polar surface area (TPSA) is 225 Å². The number of carboxylic acids is 1. The summed E-state index contributed by atoms with van der Waals surface area (Å²) in [6, 6.07) is 7.04. The van der Waals surface area contributed by atoms with E-state index in [-0.39, 0.29) is 29.2 Å². The molecule has 0 saturated heterocycles. The minimum atomic E-state index is -1.72. The molecule has 0 amide bonds. The average molecular weight is 569 g/mol. The Balaban J connectivity index is 1.85. The number of carbonyl (C=O) groups excluding carboxylic acids is 1. The van der Waals surface area contributed by atoms with Gasteiger partial charge in [-0.3, -0.25) is 0 Å². The molecule has 216 valence electrons. The second-order valence-corrected chi connectivity index (χ2v) is 8.95. The number of hydrogen-bond donors (Lipinski definition) is 9. The minimum absolute atomic E-state index is 0.0662. The molecule has 12 heteroatoms. The van der Waals surface area contributed by atoms with Crippen molar-refractivity contribution in [2.45, 2.75) is 25.4 Å². The van der Waals surface area contributed by atoms with Crippen LogP contribution in [0.5, 0.6) is 40.2 Å². The van der Waals surface area contributed by atoms with Gasteiger partial charge in [0.25, 0.3) is 0 Å². The molecule has 0 bridgehead atoms. The lowest BCUT2D eigenvalue weighted by Crippen LogP contribution is -2.28. The van der Waals surface area contributed by atoms with E-state index in [0.717, 1.165) is 24.3 Å². The van der Waals surface area contributed by atoms with Crippen LogP contribution in [0.4, 0.5) is 0 Å². The first-order chi connectivity index (χ1) is 19.4. The van der Waals surface area contributed by atoms with Crippen LogP contribution < -0.4 is 0 Å². The van der Waals surface area contributed by atoms with Gasteiger partial charge in [-0.1, -0.05) is 12.2 Å². The van der Waals surface area contributed by atoms with Crippen LogP contribution in [0.1, 0.15) is 34.2 Å². The molecule has 9 N–H and O–H groups in total. The lowest BCUT2D eigenvalue weighted by molar-refractivity contribution is -0.160. The van der Waals surface area contributed by atoms with E-state index >= 15 is 0 Å². The number of phenols is 7. The van der Waals surface area contributed by atoms with E-state index in [1.165, 1.54) is 30.4 Å². The normalized spacial score (nSPS) is 12.1. The summed E-state index contributed by atoms with van der Waals surface area (Å²) in [6.07, 6.45) is 3.78. The van der Waals surface area contributed by atoms with E-state index in [1.54, 1.807) is 6.08 Å². The van der Waals surface area contributed by atoms with Gasteiger partial charge in [0.05, 0.1) is 0 Å². The number of esters is 1. The smallest absolute Gasteiger partial charge is 0.345 e. The Labute approximate surface area is 233 Å². The molecule has 0 aliphatic carbocycles. The summed E-state index contributed by atoms with van der Waals surface area (Å²) in [4.78, 5) is 24.1. The molecule has 0 aliphatic rings. The van der Waals surface area contributed by atoms with Crippen molar-refractivity contribution in [1.29, 1.82) is 0 Å². The maximum atomic E-state index is 12.5. The molecule has 3 aromatic rings. The van der Waals surface area contributed by atoms with Gasteiger partial charge in [-0.25, -0.2) is 9.59 Å². The summed E-state index contributed by atoms with van der Waals surface area (Å²) < 4.78 is 5.00. The molecule has 0 heterocycles. The van der Waals surface area contributed by atoms with Gasteiger partial charge >= 0.3 is 11.9 Å². The molecule has 41 heavy (non-hydrogen) atoms. The highest BCUT2D eigenvalue weighted by atomic mass is 16.6. The molecule has 0 fully saturated rings. The highest BCUT2D eigenvalue weighted by Gasteiger charge is 2.23. The zero-order chi connectivity index (χ0) is 30.3. The third kappa shape index (κ3) is 7.83. The molecule has 0 aromatic heterocycles. The Hall–Kier alpha value is -5.36. The first kappa shape index (κ1) is 30.2. The average Bonchev–Trinajstić information content (AvgIpc) is 2.91. The van der Waals surface area contributed by atoms with Crippen molar-refractivity contribution >= 4 is 30.2 Å². The highest BCUT2D eigenvalue weighted by Crippen LogP contribution is 2.36. The zero-order valence-electron chi connectivity index (χ0n) is 21.4. The fourth-order valence-corrected chi connectivity index (χ4v) is 3.86. The van der Waals surface area contributed by atoms with E-state index < -0.39 is 53.2 Å². The van der Waals surface area contributed by atoms with Crippen molar-refractivity contribution in [1.82, 2.24) is 0 Å². The Bertz CT molecular complexity index is 1480. The summed E-state index contributed by atoms with van der Waals surface area (Å²) in [7, 11) is 0. The number of rotatable bonds is 11. The summed E-state index contributed by atoms with van der Waals surface area (Å²) >= 11 is 0. The number of benzene rings is 3. The SMILES string of the molecule is O=C(C=Cc1cc(O)c(O)cc1C=Cc1cc(O)c(O)cc1CCCO)O[C@H](Cc1cc(O)c(O)c(O)c1)C(=O)O. The second-order valence-electron chi connectivity index (χ2n) is 8.95. The third-order valence-corrected chi connectivity index (χ3v) is 5.95. The number of carboxylic acid groups (broad SMARTS) is 1. The number of aromatic hydroxyl groups is 7. The van der Waals surface area contributed by atoms with Crippen LogP contribution in [-0.2, 0) is 27.2 Å². The van der Waals surface area contributed by atoms with Crippen LogP contribution in [0.25, 0.3) is 18.2 Å². The first-order valence-electron chi connectivity index (χ1n) is 12.1. The van der Waals surface area contributed by atoms with Gasteiger partial charge in [0.2, 0.25) is 6.10 Å². The summed E-state index contributed by atoms with van der Waals surface area (Å²) in [6.45, 7) is -0.0930. The first-order valence-corrected chi connectivity index (χ1v) is 12.1. The molecule has 0 saturated carbocycles. The Morgan fingerprint density at radius 1 is 0.707 bits per heavy atom. The lowest BCUT2D eigenvalue weighted by Gasteiger charge is -2.13. The molecule has 0 spiro atoms. The Morgan fingerprint density at radius 2 is 1.22 bits per heavy atom. The van der Waals surface area contributed by atoms with Crippen LogP contribution in [0.15, 0.2) is 42.5 Å². The van der Waals surface area contributed by atoms with Crippen LogP contribution in [-0.4, -0.2) is 70.6 Å². The molecule has 3 aromatic carbocycles. The van der Waals surface area contributed by atoms with Gasteiger partial charge in [0, 0.05) is 19.1 Å². The second kappa shape index (κ2) is 13.1. The molecule has 12 nitrogen and oxygen atoms in total. The predicted molar refractivity (Wildman–Crippen MR) is 146 cm³/mol. The minimum Gasteiger partial charge on any atom is -0.504 e. The van der Waals surface area contributed by atoms with Crippen LogP contribution in [0.3, 0.4) is 0 Å². The summed E-state index contributed by atoms with van der Waals surface area (Å²) in [5.41, 5.74) is 1.69. The maximum Gasteiger partial charge on any atom is 0.345 e. The highest BCUT2D eigenvalue weighted by molar-refractivity contribution is 5.90. The monoisotopic (exact) mass is 568 g/mol. The van der Waals surface area contributed by atoms with Crippen molar-refractivity contribution < 1.29 is 60.3 Å². The van der Waals surface area contributed by atoms with Gasteiger partial charge in [-0.2, -0.15) is 0 Å². The van der Waals surface area contributed by atoms with Crippen molar-refractivity contribution in [3.8, 4) is 40.2 Å². The Morgan fingerprint density at radius 3 is 1.78 bits per heavy atom. The standard InChI is InChI=1S/C29H28O12/c30-7-1-2-16-11-20(31)21(32)12-17(16)3-4-18-13-22(33)23(34)14-19(18)5-6-27(37)41-26(29(39)40)10-15-8-24(35)28(38)25(36)9-15/h3-6,8-9,11-14,26,30-36,38H,1-2,7,10H2,(H,39,40)/t26-/m1/s1. The fraction of sp³-hybridized carbons (Fsp3) is 0.172. The largest absolute Gasteiger partial charge is 0.504 e. The van der Waals surface area contributed by atoms with E-state index in [4.69, 9.17) is 9.84 Å². The number of ether oxygens (including phenoxy) is 1. The van der Waals surface area contributed by atoms with E-state index in [1.807, 2.05) is 0 Å². The maximum absolute atomic E-state index is 12.5. The van der Waals surface area contributed by atoms with Gasteiger partial charge in [0.15, 0.2) is 40.2 Å². The summed E-state index contributed by atoms with van der Waals surface area (Å²) in [5.74, 6) is -6.44. The molecule has 1 atom stereocenters. The van der Waals surface area contributed by atoms with Crippen LogP contribution in [0.2, 0.25) is 0 Å². The fourth-order valence-electron chi connectivity index (χ4n) is 3.86. The number of aliphatic hydroxyl groups excluding tert-OH is 1. The van der Waals surface area contributed by atoms with Crippen LogP contribution >= 0.6 is 0 Å². The number of aliphatic hydroxyl groups is 1. The van der Waals surface area contributed by atoms with Gasteiger partial charge in [0.1, 0.15) is 0 Å². The third-order valence-electron chi connectivity index (χ3n) is 5.95. The molecular formula is C29H28O12. The zero-order valence-corrected chi connectivity index (χ0v) is 21.4. The number of aryl methyl sites for hydroxylation is 1. The van der Waals surface area contributed by atoms with Gasteiger partial charge in [-0.15, -0.1) is 0 Å². The lowest BCUT2D eigenvalue weighted by atomic mass is 9.99. The van der Waals surface area contributed by atoms with Gasteiger partial charge < -0.3 is 50.7 Å². The predicted octanol–water partition coefficient (Wildman–Crippen LogP) is 2.97. The number of carbonyl (C=O) groups is 2. The van der Waals surface area contributed by atoms with Crippen molar-refractivity contribution in [3.05, 3.63) is 70.3 Å². The Kier molecular flexibility index (Phi) is 9.67. The van der Waals surface area contributed by atoms with Gasteiger partial charge in [-0.05, 0) is 83.1 Å². The number of phenolic OH excluding ortho intramolecular Hbond substituents is 7. The van der Waals surface area contributed by atoms with Crippen LogP contribution in [0, 0.1) is 0 Å². The molecular weight excluding hydrogens is 540 g/mol. The van der Waals surface area contributed by atoms with E-state index in [2.05, 4.69) is 0 Å². The van der Waals surface area contributed by atoms with Crippen molar-refractivity contribution in [2.24, 2.45) is 0 Å². The molecule has 0 aliphatic heterocycles. The quantitative estimate of drug-likeness (QED) is 0.0704. The molecule has 0 radical (unpaired) electrons. The molecule has 0 unspecified atom stereocenters. The number of hydrogen-bond acceptors (Lipinski definition) is 11. The number of aliphatic carboxylic acids is 1. The summed E-state index contributed by atoms with van der Waals surface area (Å²) in [5, 5.41) is 87.1. The van der Waals surface area contributed by atoms with Crippen molar-refractivity contribution in [3.63, 3.8) is 0 Å².